The van der Waals surface area contributed by atoms with Gasteiger partial charge in [0.15, 0.2) is 11.5 Å². The molecule has 1 aromatic rings. The molecule has 92 valence electrons. The Kier molecular flexibility index (Phi) is 4.57. The number of allylic oxidation sites excluding steroid dienone is 1. The number of methoxy groups -OCH3 is 2. The van der Waals surface area contributed by atoms with E-state index in [4.69, 9.17) is 9.47 Å². The molecule has 0 spiro atoms. The highest BCUT2D eigenvalue weighted by atomic mass is 16.5. The van der Waals surface area contributed by atoms with Gasteiger partial charge in [-0.3, -0.25) is 4.79 Å². The van der Waals surface area contributed by atoms with E-state index >= 15 is 0 Å². The number of rotatable bonds is 5. The van der Waals surface area contributed by atoms with Crippen LogP contribution in [0, 0.1) is 0 Å². The summed E-state index contributed by atoms with van der Waals surface area (Å²) in [6.07, 6.45) is 2.37. The zero-order chi connectivity index (χ0) is 12.8. The van der Waals surface area contributed by atoms with Crippen LogP contribution in [0.4, 0.5) is 0 Å². The summed E-state index contributed by atoms with van der Waals surface area (Å²) in [7, 11) is 4.71. The Morgan fingerprint density at radius 2 is 2.12 bits per heavy atom. The fourth-order valence-electron chi connectivity index (χ4n) is 1.63. The summed E-state index contributed by atoms with van der Waals surface area (Å²) in [6.45, 7) is 3.68. The average molecular weight is 235 g/mol. The van der Waals surface area contributed by atoms with Crippen molar-refractivity contribution in [1.82, 2.24) is 5.32 Å². The van der Waals surface area contributed by atoms with Gasteiger partial charge in [-0.1, -0.05) is 6.08 Å². The molecule has 0 atom stereocenters. The number of nitrogens with one attached hydrogen (secondary N) is 1. The van der Waals surface area contributed by atoms with Crippen molar-refractivity contribution in [3.63, 3.8) is 0 Å². The summed E-state index contributed by atoms with van der Waals surface area (Å²) >= 11 is 0. The molecule has 0 saturated carbocycles. The normalized spacial score (nSPS) is 9.59. The maximum atomic E-state index is 11.6. The lowest BCUT2D eigenvalue weighted by Gasteiger charge is -2.13. The first-order valence-corrected chi connectivity index (χ1v) is 5.25. The Balaban J connectivity index is 3.33. The minimum atomic E-state index is -0.156. The fraction of sp³-hybridized carbons (Fsp3) is 0.308. The van der Waals surface area contributed by atoms with Crippen LogP contribution in [-0.2, 0) is 6.42 Å². The first-order valence-electron chi connectivity index (χ1n) is 5.25. The maximum Gasteiger partial charge on any atom is 0.251 e. The molecular weight excluding hydrogens is 218 g/mol. The van der Waals surface area contributed by atoms with Crippen molar-refractivity contribution < 1.29 is 14.3 Å². The Hall–Kier alpha value is -1.97. The minimum Gasteiger partial charge on any atom is -0.493 e. The van der Waals surface area contributed by atoms with Crippen LogP contribution < -0.4 is 14.8 Å². The molecule has 0 aromatic heterocycles. The molecule has 1 amide bonds. The highest BCUT2D eigenvalue weighted by Gasteiger charge is 2.14. The number of ether oxygens (including phenoxy) is 2. The van der Waals surface area contributed by atoms with E-state index in [0.29, 0.717) is 23.5 Å². The first-order chi connectivity index (χ1) is 8.17. The van der Waals surface area contributed by atoms with Gasteiger partial charge in [0.25, 0.3) is 5.91 Å². The third kappa shape index (κ3) is 2.78. The molecular formula is C13H17NO3. The Morgan fingerprint density at radius 3 is 2.59 bits per heavy atom. The largest absolute Gasteiger partial charge is 0.493 e. The summed E-state index contributed by atoms with van der Waals surface area (Å²) in [4.78, 5) is 11.6. The molecule has 0 saturated heterocycles. The van der Waals surface area contributed by atoms with Crippen molar-refractivity contribution in [3.8, 4) is 11.5 Å². The lowest BCUT2D eigenvalue weighted by atomic mass is 10.1. The fourth-order valence-corrected chi connectivity index (χ4v) is 1.63. The molecule has 0 aliphatic heterocycles. The zero-order valence-corrected chi connectivity index (χ0v) is 10.4. The van der Waals surface area contributed by atoms with Crippen LogP contribution in [0.2, 0.25) is 0 Å². The van der Waals surface area contributed by atoms with E-state index in [0.717, 1.165) is 5.56 Å². The number of amides is 1. The second-order valence-electron chi connectivity index (χ2n) is 3.44. The quantitative estimate of drug-likeness (QED) is 0.791. The standard InChI is InChI=1S/C13H17NO3/c1-5-6-9-7-10(13(15)14-2)8-11(16-3)12(9)17-4/h5,7-8H,1,6H2,2-4H3,(H,14,15). The monoisotopic (exact) mass is 235 g/mol. The Bertz CT molecular complexity index is 427. The van der Waals surface area contributed by atoms with Crippen LogP contribution in [0.5, 0.6) is 11.5 Å². The van der Waals surface area contributed by atoms with Gasteiger partial charge in [0, 0.05) is 18.2 Å². The molecule has 0 fully saturated rings. The van der Waals surface area contributed by atoms with Gasteiger partial charge in [-0.15, -0.1) is 6.58 Å². The van der Waals surface area contributed by atoms with Gasteiger partial charge in [-0.05, 0) is 18.6 Å². The third-order valence-electron chi connectivity index (χ3n) is 2.41. The first kappa shape index (κ1) is 13.1. The molecule has 1 aromatic carbocycles. The number of benzene rings is 1. The lowest BCUT2D eigenvalue weighted by Crippen LogP contribution is -2.18. The SMILES string of the molecule is C=CCc1cc(C(=O)NC)cc(OC)c1OC. The number of carbonyl (C=O) groups is 1. The van der Waals surface area contributed by atoms with E-state index < -0.39 is 0 Å². The lowest BCUT2D eigenvalue weighted by molar-refractivity contribution is 0.0962. The smallest absolute Gasteiger partial charge is 0.251 e. The van der Waals surface area contributed by atoms with Crippen LogP contribution in [0.15, 0.2) is 24.8 Å². The Labute approximate surface area is 101 Å². The van der Waals surface area contributed by atoms with Crippen LogP contribution in [0.1, 0.15) is 15.9 Å². The molecule has 17 heavy (non-hydrogen) atoms. The van der Waals surface area contributed by atoms with Gasteiger partial charge in [0.05, 0.1) is 14.2 Å². The van der Waals surface area contributed by atoms with Crippen LogP contribution in [0.3, 0.4) is 0 Å². The van der Waals surface area contributed by atoms with Crippen molar-refractivity contribution in [3.05, 3.63) is 35.9 Å². The minimum absolute atomic E-state index is 0.156. The molecule has 0 aliphatic carbocycles. The molecule has 0 unspecified atom stereocenters. The van der Waals surface area contributed by atoms with Crippen molar-refractivity contribution in [2.75, 3.05) is 21.3 Å². The van der Waals surface area contributed by atoms with Crippen LogP contribution in [0.25, 0.3) is 0 Å². The van der Waals surface area contributed by atoms with Crippen LogP contribution >= 0.6 is 0 Å². The Morgan fingerprint density at radius 1 is 1.41 bits per heavy atom. The van der Waals surface area contributed by atoms with Crippen molar-refractivity contribution in [2.45, 2.75) is 6.42 Å². The summed E-state index contributed by atoms with van der Waals surface area (Å²) in [5.41, 5.74) is 1.42. The summed E-state index contributed by atoms with van der Waals surface area (Å²) in [6, 6.07) is 3.44. The predicted molar refractivity (Wildman–Crippen MR) is 66.8 cm³/mol. The van der Waals surface area contributed by atoms with E-state index in [1.807, 2.05) is 0 Å². The molecule has 4 heteroatoms. The van der Waals surface area contributed by atoms with Gasteiger partial charge >= 0.3 is 0 Å². The molecule has 0 radical (unpaired) electrons. The second kappa shape index (κ2) is 5.94. The van der Waals surface area contributed by atoms with Crippen molar-refractivity contribution in [2.24, 2.45) is 0 Å². The summed E-state index contributed by atoms with van der Waals surface area (Å²) in [5, 5.41) is 2.58. The van der Waals surface area contributed by atoms with Gasteiger partial charge in [0.1, 0.15) is 0 Å². The van der Waals surface area contributed by atoms with E-state index in [1.54, 1.807) is 39.5 Å². The van der Waals surface area contributed by atoms with Gasteiger partial charge in [-0.25, -0.2) is 0 Å². The van der Waals surface area contributed by atoms with Gasteiger partial charge < -0.3 is 14.8 Å². The maximum absolute atomic E-state index is 11.6. The highest BCUT2D eigenvalue weighted by Crippen LogP contribution is 2.33. The van der Waals surface area contributed by atoms with E-state index in [9.17, 15) is 4.79 Å². The van der Waals surface area contributed by atoms with Gasteiger partial charge in [0.2, 0.25) is 0 Å². The summed E-state index contributed by atoms with van der Waals surface area (Å²) < 4.78 is 10.5. The molecule has 0 bridgehead atoms. The summed E-state index contributed by atoms with van der Waals surface area (Å²) in [5.74, 6) is 1.03. The number of hydrogen-bond donors (Lipinski definition) is 1. The van der Waals surface area contributed by atoms with Crippen molar-refractivity contribution in [1.29, 1.82) is 0 Å². The zero-order valence-electron chi connectivity index (χ0n) is 10.4. The second-order valence-corrected chi connectivity index (χ2v) is 3.44. The highest BCUT2D eigenvalue weighted by molar-refractivity contribution is 5.95. The average Bonchev–Trinajstić information content (AvgIpc) is 2.37. The van der Waals surface area contributed by atoms with E-state index in [1.165, 1.54) is 0 Å². The van der Waals surface area contributed by atoms with Gasteiger partial charge in [-0.2, -0.15) is 0 Å². The molecule has 4 nitrogen and oxygen atoms in total. The van der Waals surface area contributed by atoms with Crippen molar-refractivity contribution >= 4 is 5.91 Å². The molecule has 1 rings (SSSR count). The van der Waals surface area contributed by atoms with E-state index in [-0.39, 0.29) is 5.91 Å². The van der Waals surface area contributed by atoms with Crippen LogP contribution in [-0.4, -0.2) is 27.2 Å². The molecule has 1 N–H and O–H groups in total. The molecule has 0 aliphatic rings. The number of carbonyl (C=O) groups excluding carboxylic acids is 1. The molecule has 0 heterocycles. The van der Waals surface area contributed by atoms with E-state index in [2.05, 4.69) is 11.9 Å². The number of hydrogen-bond acceptors (Lipinski definition) is 3. The predicted octanol–water partition coefficient (Wildman–Crippen LogP) is 1.79. The topological polar surface area (TPSA) is 47.6 Å². The third-order valence-corrected chi connectivity index (χ3v) is 2.41.